The summed E-state index contributed by atoms with van der Waals surface area (Å²) in [5.74, 6) is 2.39. The van der Waals surface area contributed by atoms with Crippen LogP contribution in [-0.4, -0.2) is 5.78 Å². The van der Waals surface area contributed by atoms with Crippen LogP contribution in [-0.2, 0) is 11.2 Å². The normalized spacial score (nSPS) is 28.1. The second-order valence-electron chi connectivity index (χ2n) is 6.61. The Hall–Kier alpha value is -1.63. The molecule has 2 aliphatic carbocycles. The van der Waals surface area contributed by atoms with Crippen LogP contribution < -0.4 is 0 Å². The molecule has 20 heavy (non-hydrogen) atoms. The zero-order valence-electron chi connectivity index (χ0n) is 11.7. The molecule has 2 bridgehead atoms. The Morgan fingerprint density at radius 3 is 2.60 bits per heavy atom. The molecule has 4 rings (SSSR count). The summed E-state index contributed by atoms with van der Waals surface area (Å²) in [7, 11) is 0. The van der Waals surface area contributed by atoms with Gasteiger partial charge in [-0.3, -0.25) is 4.79 Å². The van der Waals surface area contributed by atoms with E-state index in [1.54, 1.807) is 0 Å². The van der Waals surface area contributed by atoms with Crippen molar-refractivity contribution in [2.45, 2.75) is 32.1 Å². The quantitative estimate of drug-likeness (QED) is 0.803. The topological polar surface area (TPSA) is 17.1 Å². The van der Waals surface area contributed by atoms with Gasteiger partial charge in [0, 0.05) is 12.3 Å². The van der Waals surface area contributed by atoms with Gasteiger partial charge in [-0.2, -0.15) is 0 Å². The van der Waals surface area contributed by atoms with E-state index < -0.39 is 0 Å². The molecule has 2 saturated carbocycles. The summed E-state index contributed by atoms with van der Waals surface area (Å²) in [6.07, 6.45) is 5.76. The van der Waals surface area contributed by atoms with E-state index in [4.69, 9.17) is 0 Å². The van der Waals surface area contributed by atoms with Crippen molar-refractivity contribution in [3.8, 4) is 0 Å². The second kappa shape index (κ2) is 4.73. The molecule has 0 radical (unpaired) electrons. The highest BCUT2D eigenvalue weighted by atomic mass is 16.1. The van der Waals surface area contributed by atoms with Crippen LogP contribution in [0.3, 0.4) is 0 Å². The molecule has 0 heterocycles. The summed E-state index contributed by atoms with van der Waals surface area (Å²) in [5, 5.41) is 2.49. The Morgan fingerprint density at radius 1 is 1.00 bits per heavy atom. The smallest absolute Gasteiger partial charge is 0.140 e. The number of hydrogen-bond acceptors (Lipinski definition) is 1. The van der Waals surface area contributed by atoms with Gasteiger partial charge < -0.3 is 0 Å². The lowest BCUT2D eigenvalue weighted by atomic mass is 9.83. The average Bonchev–Trinajstić information content (AvgIpc) is 3.10. The molecule has 2 fully saturated rings. The van der Waals surface area contributed by atoms with Gasteiger partial charge in [0.05, 0.1) is 0 Å². The van der Waals surface area contributed by atoms with Crippen molar-refractivity contribution >= 4 is 16.6 Å². The Balaban J connectivity index is 1.53. The molecule has 0 amide bonds. The highest BCUT2D eigenvalue weighted by Gasteiger charge is 2.42. The van der Waals surface area contributed by atoms with Crippen LogP contribution >= 0.6 is 0 Å². The van der Waals surface area contributed by atoms with Crippen molar-refractivity contribution in [3.05, 3.63) is 48.0 Å². The number of hydrogen-bond donors (Lipinski definition) is 0. The number of rotatable bonds is 3. The van der Waals surface area contributed by atoms with Gasteiger partial charge in [-0.25, -0.2) is 0 Å². The molecule has 0 saturated heterocycles. The molecular formula is C19H20O. The molecule has 2 aromatic carbocycles. The molecule has 2 aliphatic rings. The Kier molecular flexibility index (Phi) is 2.87. The van der Waals surface area contributed by atoms with Crippen LogP contribution in [0.1, 0.15) is 31.2 Å². The van der Waals surface area contributed by atoms with Gasteiger partial charge in [0.25, 0.3) is 0 Å². The highest BCUT2D eigenvalue weighted by Crippen LogP contribution is 2.48. The Morgan fingerprint density at radius 2 is 1.85 bits per heavy atom. The van der Waals surface area contributed by atoms with Crippen LogP contribution in [0, 0.1) is 17.8 Å². The first-order valence-electron chi connectivity index (χ1n) is 7.80. The molecule has 0 N–H and O–H groups in total. The molecule has 0 aliphatic heterocycles. The van der Waals surface area contributed by atoms with Gasteiger partial charge in [0.1, 0.15) is 5.78 Å². The van der Waals surface area contributed by atoms with Gasteiger partial charge in [0.15, 0.2) is 0 Å². The predicted molar refractivity (Wildman–Crippen MR) is 81.6 cm³/mol. The van der Waals surface area contributed by atoms with E-state index in [-0.39, 0.29) is 0 Å². The van der Waals surface area contributed by atoms with Crippen LogP contribution in [0.15, 0.2) is 42.5 Å². The summed E-state index contributed by atoms with van der Waals surface area (Å²) in [4.78, 5) is 12.5. The number of carbonyl (C=O) groups excluding carboxylic acids is 1. The minimum absolute atomic E-state index is 0.361. The number of fused-ring (bicyclic) bond motifs is 3. The third kappa shape index (κ3) is 2.06. The van der Waals surface area contributed by atoms with Crippen LogP contribution in [0.5, 0.6) is 0 Å². The fourth-order valence-electron chi connectivity index (χ4n) is 4.32. The minimum Gasteiger partial charge on any atom is -0.299 e. The number of Topliss-reactive ketones (excluding diaryl/α,β-unsaturated/α-hetero) is 1. The largest absolute Gasteiger partial charge is 0.299 e. The zero-order chi connectivity index (χ0) is 13.5. The molecule has 102 valence electrons. The van der Waals surface area contributed by atoms with E-state index in [0.29, 0.717) is 24.0 Å². The lowest BCUT2D eigenvalue weighted by Gasteiger charge is -2.20. The third-order valence-corrected chi connectivity index (χ3v) is 5.34. The molecule has 2 aromatic rings. The van der Waals surface area contributed by atoms with Crippen molar-refractivity contribution in [2.24, 2.45) is 17.8 Å². The van der Waals surface area contributed by atoms with E-state index >= 15 is 0 Å². The van der Waals surface area contributed by atoms with Gasteiger partial charge >= 0.3 is 0 Å². The molecular weight excluding hydrogens is 244 g/mol. The molecule has 1 heteroatoms. The van der Waals surface area contributed by atoms with Gasteiger partial charge in [-0.05, 0) is 47.4 Å². The molecule has 3 atom stereocenters. The number of carbonyl (C=O) groups is 1. The summed E-state index contributed by atoms with van der Waals surface area (Å²) in [5.41, 5.74) is 1.18. The average molecular weight is 264 g/mol. The van der Waals surface area contributed by atoms with E-state index in [1.165, 1.54) is 35.6 Å². The van der Waals surface area contributed by atoms with Crippen molar-refractivity contribution in [2.75, 3.05) is 0 Å². The van der Waals surface area contributed by atoms with E-state index in [9.17, 15) is 4.79 Å². The Bertz CT molecular complexity index is 658. The lowest BCUT2D eigenvalue weighted by molar-refractivity contribution is -0.123. The van der Waals surface area contributed by atoms with Gasteiger partial charge in [-0.15, -0.1) is 0 Å². The first-order valence-corrected chi connectivity index (χ1v) is 7.80. The maximum absolute atomic E-state index is 12.5. The third-order valence-electron chi connectivity index (χ3n) is 5.34. The SMILES string of the molecule is O=C(Cc1ccc2ccccc2c1)C1CC2CCC1C2. The van der Waals surface area contributed by atoms with Gasteiger partial charge in [0.2, 0.25) is 0 Å². The van der Waals surface area contributed by atoms with Crippen molar-refractivity contribution in [3.63, 3.8) is 0 Å². The fourth-order valence-corrected chi connectivity index (χ4v) is 4.32. The number of benzene rings is 2. The van der Waals surface area contributed by atoms with E-state index in [1.807, 2.05) is 0 Å². The standard InChI is InChI=1S/C19H20O/c20-19(18-11-13-6-8-17(18)10-13)12-14-5-7-15-3-1-2-4-16(15)9-14/h1-5,7,9,13,17-18H,6,8,10-12H2. The maximum Gasteiger partial charge on any atom is 0.140 e. The van der Waals surface area contributed by atoms with Crippen molar-refractivity contribution in [1.29, 1.82) is 0 Å². The predicted octanol–water partition coefficient (Wildman–Crippen LogP) is 4.39. The first-order chi connectivity index (χ1) is 9.79. The van der Waals surface area contributed by atoms with Crippen LogP contribution in [0.2, 0.25) is 0 Å². The zero-order valence-corrected chi connectivity index (χ0v) is 11.7. The molecule has 0 spiro atoms. The minimum atomic E-state index is 0.361. The van der Waals surface area contributed by atoms with E-state index in [0.717, 1.165) is 12.3 Å². The fraction of sp³-hybridized carbons (Fsp3) is 0.421. The van der Waals surface area contributed by atoms with Crippen molar-refractivity contribution in [1.82, 2.24) is 0 Å². The summed E-state index contributed by atoms with van der Waals surface area (Å²) in [6, 6.07) is 14.8. The molecule has 1 nitrogen and oxygen atoms in total. The van der Waals surface area contributed by atoms with Gasteiger partial charge in [-0.1, -0.05) is 48.9 Å². The second-order valence-corrected chi connectivity index (χ2v) is 6.61. The molecule has 0 aromatic heterocycles. The summed E-state index contributed by atoms with van der Waals surface area (Å²) in [6.45, 7) is 0. The number of ketones is 1. The first kappa shape index (κ1) is 12.1. The van der Waals surface area contributed by atoms with Crippen LogP contribution in [0.4, 0.5) is 0 Å². The van der Waals surface area contributed by atoms with Crippen LogP contribution in [0.25, 0.3) is 10.8 Å². The highest BCUT2D eigenvalue weighted by molar-refractivity contribution is 5.87. The lowest BCUT2D eigenvalue weighted by Crippen LogP contribution is -2.22. The summed E-state index contributed by atoms with van der Waals surface area (Å²) < 4.78 is 0. The Labute approximate surface area is 120 Å². The summed E-state index contributed by atoms with van der Waals surface area (Å²) >= 11 is 0. The molecule has 3 unspecified atom stereocenters. The maximum atomic E-state index is 12.5. The van der Waals surface area contributed by atoms with Crippen molar-refractivity contribution < 1.29 is 4.79 Å². The monoisotopic (exact) mass is 264 g/mol. The van der Waals surface area contributed by atoms with E-state index in [2.05, 4.69) is 42.5 Å².